The van der Waals surface area contributed by atoms with E-state index in [1.54, 1.807) is 0 Å². The lowest BCUT2D eigenvalue weighted by Crippen LogP contribution is -2.20. The Balaban J connectivity index is 2.13. The van der Waals surface area contributed by atoms with Gasteiger partial charge in [-0.1, -0.05) is 6.92 Å². The number of carbonyl (C=O) groups excluding carboxylic acids is 1. The second kappa shape index (κ2) is 5.35. The van der Waals surface area contributed by atoms with E-state index in [1.807, 2.05) is 6.92 Å². The van der Waals surface area contributed by atoms with Crippen molar-refractivity contribution in [3.63, 3.8) is 0 Å². The Labute approximate surface area is 79.1 Å². The van der Waals surface area contributed by atoms with E-state index in [1.165, 1.54) is 0 Å². The maximum Gasteiger partial charge on any atom is 0.161 e. The zero-order valence-electron chi connectivity index (χ0n) is 8.16. The molecular formula is C10H18O3. The van der Waals surface area contributed by atoms with Crippen LogP contribution in [0.2, 0.25) is 0 Å². The molecule has 1 N–H and O–H groups in total. The average Bonchev–Trinajstić information content (AvgIpc) is 2.65. The van der Waals surface area contributed by atoms with Gasteiger partial charge in [0.05, 0.1) is 6.10 Å². The Morgan fingerprint density at radius 3 is 3.00 bits per heavy atom. The van der Waals surface area contributed by atoms with Gasteiger partial charge in [-0.15, -0.1) is 0 Å². The fraction of sp³-hybridized carbons (Fsp3) is 0.900. The summed E-state index contributed by atoms with van der Waals surface area (Å²) in [5, 5.41) is 9.21. The monoisotopic (exact) mass is 186 g/mol. The quantitative estimate of drug-likeness (QED) is 0.703. The minimum absolute atomic E-state index is 0.0435. The van der Waals surface area contributed by atoms with Crippen LogP contribution in [0.3, 0.4) is 0 Å². The summed E-state index contributed by atoms with van der Waals surface area (Å²) in [5.74, 6) is -0.0435. The lowest BCUT2D eigenvalue weighted by atomic mass is 10.0. The summed E-state index contributed by atoms with van der Waals surface area (Å²) < 4.78 is 5.38. The second-order valence-electron chi connectivity index (χ2n) is 3.56. The molecule has 3 heteroatoms. The standard InChI is InChI=1S/C10H18O3/c1-2-9(11)10(12)6-5-8-4-3-7-13-8/h8-9,11H,2-7H2,1H3. The van der Waals surface area contributed by atoms with Crippen LogP contribution in [0.5, 0.6) is 0 Å². The first-order valence-electron chi connectivity index (χ1n) is 5.06. The predicted molar refractivity (Wildman–Crippen MR) is 49.5 cm³/mol. The summed E-state index contributed by atoms with van der Waals surface area (Å²) in [7, 11) is 0. The van der Waals surface area contributed by atoms with Crippen molar-refractivity contribution in [3.8, 4) is 0 Å². The van der Waals surface area contributed by atoms with Gasteiger partial charge in [0.2, 0.25) is 0 Å². The highest BCUT2D eigenvalue weighted by Crippen LogP contribution is 2.17. The van der Waals surface area contributed by atoms with Crippen molar-refractivity contribution >= 4 is 5.78 Å². The number of hydrogen-bond donors (Lipinski definition) is 1. The molecule has 1 fully saturated rings. The van der Waals surface area contributed by atoms with Crippen LogP contribution in [0.25, 0.3) is 0 Å². The largest absolute Gasteiger partial charge is 0.385 e. The molecular weight excluding hydrogens is 168 g/mol. The van der Waals surface area contributed by atoms with Gasteiger partial charge in [-0.25, -0.2) is 0 Å². The highest BCUT2D eigenvalue weighted by atomic mass is 16.5. The van der Waals surface area contributed by atoms with Crippen LogP contribution in [-0.2, 0) is 9.53 Å². The molecule has 3 nitrogen and oxygen atoms in total. The molecule has 0 aromatic carbocycles. The molecule has 1 heterocycles. The van der Waals surface area contributed by atoms with Crippen molar-refractivity contribution in [2.45, 2.75) is 51.2 Å². The summed E-state index contributed by atoms with van der Waals surface area (Å²) in [6.45, 7) is 2.64. The number of rotatable bonds is 5. The molecule has 0 amide bonds. The molecule has 0 spiro atoms. The maximum atomic E-state index is 11.2. The third-order valence-electron chi connectivity index (χ3n) is 2.50. The summed E-state index contributed by atoms with van der Waals surface area (Å²) in [6.07, 6.45) is 3.42. The topological polar surface area (TPSA) is 46.5 Å². The molecule has 2 unspecified atom stereocenters. The number of ketones is 1. The van der Waals surface area contributed by atoms with E-state index in [-0.39, 0.29) is 11.9 Å². The van der Waals surface area contributed by atoms with E-state index < -0.39 is 6.10 Å². The van der Waals surface area contributed by atoms with Crippen molar-refractivity contribution in [2.75, 3.05) is 6.61 Å². The first-order valence-corrected chi connectivity index (χ1v) is 5.06. The molecule has 13 heavy (non-hydrogen) atoms. The van der Waals surface area contributed by atoms with Gasteiger partial charge in [0.25, 0.3) is 0 Å². The third-order valence-corrected chi connectivity index (χ3v) is 2.50. The summed E-state index contributed by atoms with van der Waals surface area (Å²) in [6, 6.07) is 0. The predicted octanol–water partition coefficient (Wildman–Crippen LogP) is 1.29. The molecule has 1 rings (SSSR count). The minimum Gasteiger partial charge on any atom is -0.385 e. The Bertz CT molecular complexity index is 162. The van der Waals surface area contributed by atoms with E-state index in [0.717, 1.165) is 25.9 Å². The molecule has 0 aromatic rings. The van der Waals surface area contributed by atoms with E-state index in [4.69, 9.17) is 4.74 Å². The Morgan fingerprint density at radius 2 is 2.46 bits per heavy atom. The number of aliphatic hydroxyl groups is 1. The van der Waals surface area contributed by atoms with Crippen LogP contribution < -0.4 is 0 Å². The van der Waals surface area contributed by atoms with Gasteiger partial charge in [-0.2, -0.15) is 0 Å². The van der Waals surface area contributed by atoms with Crippen LogP contribution >= 0.6 is 0 Å². The first-order chi connectivity index (χ1) is 6.24. The highest BCUT2D eigenvalue weighted by molar-refractivity contribution is 5.82. The van der Waals surface area contributed by atoms with Crippen molar-refractivity contribution in [1.82, 2.24) is 0 Å². The number of hydrogen-bond acceptors (Lipinski definition) is 3. The molecule has 1 aliphatic heterocycles. The number of ether oxygens (including phenoxy) is 1. The van der Waals surface area contributed by atoms with Gasteiger partial charge < -0.3 is 9.84 Å². The minimum atomic E-state index is -0.763. The van der Waals surface area contributed by atoms with Crippen molar-refractivity contribution < 1.29 is 14.6 Å². The Kier molecular flexibility index (Phi) is 4.39. The van der Waals surface area contributed by atoms with Crippen LogP contribution in [0.15, 0.2) is 0 Å². The fourth-order valence-electron chi connectivity index (χ4n) is 1.57. The second-order valence-corrected chi connectivity index (χ2v) is 3.56. The Hall–Kier alpha value is -0.410. The Morgan fingerprint density at radius 1 is 1.69 bits per heavy atom. The van der Waals surface area contributed by atoms with Gasteiger partial charge in [0.1, 0.15) is 6.10 Å². The zero-order valence-corrected chi connectivity index (χ0v) is 8.16. The van der Waals surface area contributed by atoms with Crippen molar-refractivity contribution in [2.24, 2.45) is 0 Å². The van der Waals surface area contributed by atoms with Gasteiger partial charge in [0.15, 0.2) is 5.78 Å². The molecule has 0 bridgehead atoms. The summed E-state index contributed by atoms with van der Waals surface area (Å²) in [5.41, 5.74) is 0. The smallest absolute Gasteiger partial charge is 0.161 e. The van der Waals surface area contributed by atoms with Crippen LogP contribution in [0.1, 0.15) is 39.0 Å². The highest BCUT2D eigenvalue weighted by Gasteiger charge is 2.19. The SMILES string of the molecule is CCC(O)C(=O)CCC1CCCO1. The van der Waals surface area contributed by atoms with Crippen LogP contribution in [0, 0.1) is 0 Å². The van der Waals surface area contributed by atoms with E-state index in [0.29, 0.717) is 12.8 Å². The lowest BCUT2D eigenvalue weighted by molar-refractivity contribution is -0.127. The van der Waals surface area contributed by atoms with Gasteiger partial charge in [-0.3, -0.25) is 4.79 Å². The van der Waals surface area contributed by atoms with E-state index >= 15 is 0 Å². The number of carbonyl (C=O) groups is 1. The van der Waals surface area contributed by atoms with Gasteiger partial charge in [-0.05, 0) is 25.7 Å². The zero-order chi connectivity index (χ0) is 9.68. The van der Waals surface area contributed by atoms with Crippen LogP contribution in [-0.4, -0.2) is 29.7 Å². The molecule has 0 aliphatic carbocycles. The van der Waals surface area contributed by atoms with Crippen molar-refractivity contribution in [1.29, 1.82) is 0 Å². The van der Waals surface area contributed by atoms with Crippen molar-refractivity contribution in [3.05, 3.63) is 0 Å². The van der Waals surface area contributed by atoms with Gasteiger partial charge >= 0.3 is 0 Å². The summed E-state index contributed by atoms with van der Waals surface area (Å²) in [4.78, 5) is 11.2. The fourth-order valence-corrected chi connectivity index (χ4v) is 1.57. The molecule has 1 saturated heterocycles. The molecule has 0 radical (unpaired) electrons. The lowest BCUT2D eigenvalue weighted by Gasteiger charge is -2.10. The first kappa shape index (κ1) is 10.7. The average molecular weight is 186 g/mol. The number of aliphatic hydroxyl groups excluding tert-OH is 1. The molecule has 76 valence electrons. The maximum absolute atomic E-state index is 11.2. The van der Waals surface area contributed by atoms with Gasteiger partial charge in [0, 0.05) is 13.0 Å². The molecule has 1 aliphatic rings. The molecule has 2 atom stereocenters. The normalized spacial score (nSPS) is 24.6. The van der Waals surface area contributed by atoms with E-state index in [2.05, 4.69) is 0 Å². The van der Waals surface area contributed by atoms with Crippen LogP contribution in [0.4, 0.5) is 0 Å². The third kappa shape index (κ3) is 3.44. The summed E-state index contributed by atoms with van der Waals surface area (Å²) >= 11 is 0. The van der Waals surface area contributed by atoms with E-state index in [9.17, 15) is 9.90 Å². The molecule has 0 aromatic heterocycles. The molecule has 0 saturated carbocycles. The number of Topliss-reactive ketones (excluding diaryl/α,β-unsaturated/α-hetero) is 1.